The quantitative estimate of drug-likeness (QED) is 0.830. The van der Waals surface area contributed by atoms with E-state index in [2.05, 4.69) is 0 Å². The largest absolute Gasteiger partial charge is 0.488 e. The molecular weight excluding hydrogens is 252 g/mol. The van der Waals surface area contributed by atoms with Gasteiger partial charge in [0.15, 0.2) is 0 Å². The molecule has 0 aliphatic rings. The molecule has 0 aliphatic carbocycles. The monoisotopic (exact) mass is 266 g/mol. The van der Waals surface area contributed by atoms with Gasteiger partial charge < -0.3 is 9.84 Å². The van der Waals surface area contributed by atoms with Gasteiger partial charge in [0.2, 0.25) is 5.67 Å². The summed E-state index contributed by atoms with van der Waals surface area (Å²) in [5, 5.41) is 8.96. The van der Waals surface area contributed by atoms with Crippen LogP contribution in [0.15, 0.2) is 30.3 Å². The Hall–Kier alpha value is -1.30. The first-order valence-electron chi connectivity index (χ1n) is 5.34. The summed E-state index contributed by atoms with van der Waals surface area (Å²) in [6, 6.07) is 8.00. The van der Waals surface area contributed by atoms with Gasteiger partial charge in [-0.2, -0.15) is 13.2 Å². The highest BCUT2D eigenvalue weighted by Gasteiger charge is 2.53. The molecule has 0 amide bonds. The molecule has 18 heavy (non-hydrogen) atoms. The first-order chi connectivity index (χ1) is 8.26. The van der Waals surface area contributed by atoms with Crippen molar-refractivity contribution in [2.75, 3.05) is 6.61 Å². The maximum absolute atomic E-state index is 13.4. The zero-order valence-corrected chi connectivity index (χ0v) is 9.75. The second-order valence-electron chi connectivity index (χ2n) is 4.13. The van der Waals surface area contributed by atoms with Crippen LogP contribution in [0.5, 0.6) is 5.75 Å². The van der Waals surface area contributed by atoms with E-state index in [1.54, 1.807) is 18.2 Å². The van der Waals surface area contributed by atoms with Crippen molar-refractivity contribution in [2.24, 2.45) is 0 Å². The minimum Gasteiger partial charge on any atom is -0.488 e. The van der Waals surface area contributed by atoms with Crippen molar-refractivity contribution >= 4 is 0 Å². The number of halogens is 4. The number of aliphatic hydroxyl groups is 1. The SMILES string of the molecule is CC(F)(CC(CO)Oc1ccccc1)C(F)(F)F. The van der Waals surface area contributed by atoms with E-state index in [4.69, 9.17) is 9.84 Å². The highest BCUT2D eigenvalue weighted by Crippen LogP contribution is 2.37. The Labute approximate surface area is 102 Å². The van der Waals surface area contributed by atoms with Crippen LogP contribution in [-0.2, 0) is 0 Å². The lowest BCUT2D eigenvalue weighted by atomic mass is 10.00. The molecule has 2 unspecified atom stereocenters. The van der Waals surface area contributed by atoms with Crippen LogP contribution in [-0.4, -0.2) is 29.7 Å². The third-order valence-corrected chi connectivity index (χ3v) is 2.45. The van der Waals surface area contributed by atoms with E-state index in [1.165, 1.54) is 12.1 Å². The molecule has 0 saturated carbocycles. The molecule has 6 heteroatoms. The predicted octanol–water partition coefficient (Wildman–Crippen LogP) is 3.11. The van der Waals surface area contributed by atoms with E-state index in [0.717, 1.165) is 0 Å². The Morgan fingerprint density at radius 2 is 1.72 bits per heavy atom. The van der Waals surface area contributed by atoms with Gasteiger partial charge in [0, 0.05) is 6.42 Å². The average Bonchev–Trinajstić information content (AvgIpc) is 2.27. The number of hydrogen-bond donors (Lipinski definition) is 1. The lowest BCUT2D eigenvalue weighted by Crippen LogP contribution is -2.43. The fraction of sp³-hybridized carbons (Fsp3) is 0.500. The van der Waals surface area contributed by atoms with Gasteiger partial charge in [0.25, 0.3) is 0 Å². The van der Waals surface area contributed by atoms with Gasteiger partial charge >= 0.3 is 6.18 Å². The summed E-state index contributed by atoms with van der Waals surface area (Å²) in [7, 11) is 0. The van der Waals surface area contributed by atoms with Gasteiger partial charge in [-0.25, -0.2) is 4.39 Å². The van der Waals surface area contributed by atoms with Gasteiger partial charge in [-0.3, -0.25) is 0 Å². The first kappa shape index (κ1) is 14.8. The molecule has 2 atom stereocenters. The Kier molecular flexibility index (Phi) is 4.56. The van der Waals surface area contributed by atoms with E-state index in [-0.39, 0.29) is 5.75 Å². The number of para-hydroxylation sites is 1. The zero-order valence-electron chi connectivity index (χ0n) is 9.75. The smallest absolute Gasteiger partial charge is 0.422 e. The zero-order chi connectivity index (χ0) is 13.8. The van der Waals surface area contributed by atoms with E-state index < -0.39 is 31.0 Å². The molecule has 0 radical (unpaired) electrons. The molecule has 0 heterocycles. The Balaban J connectivity index is 2.69. The van der Waals surface area contributed by atoms with Crippen LogP contribution >= 0.6 is 0 Å². The predicted molar refractivity (Wildman–Crippen MR) is 58.1 cm³/mol. The van der Waals surface area contributed by atoms with Crippen LogP contribution < -0.4 is 4.74 Å². The third kappa shape index (κ3) is 3.87. The minimum atomic E-state index is -4.99. The summed E-state index contributed by atoms with van der Waals surface area (Å²) in [5.74, 6) is 0.287. The van der Waals surface area contributed by atoms with Crippen LogP contribution in [0.4, 0.5) is 17.6 Å². The summed E-state index contributed by atoms with van der Waals surface area (Å²) in [5.41, 5.74) is -3.39. The highest BCUT2D eigenvalue weighted by molar-refractivity contribution is 5.21. The molecular formula is C12H14F4O2. The second kappa shape index (κ2) is 5.56. The van der Waals surface area contributed by atoms with E-state index in [9.17, 15) is 17.6 Å². The van der Waals surface area contributed by atoms with Crippen molar-refractivity contribution in [1.29, 1.82) is 0 Å². The molecule has 102 valence electrons. The topological polar surface area (TPSA) is 29.5 Å². The number of hydrogen-bond acceptors (Lipinski definition) is 2. The number of aliphatic hydroxyl groups excluding tert-OH is 1. The maximum atomic E-state index is 13.4. The van der Waals surface area contributed by atoms with Crippen molar-refractivity contribution in [3.8, 4) is 5.75 Å². The van der Waals surface area contributed by atoms with E-state index in [0.29, 0.717) is 6.92 Å². The molecule has 0 fully saturated rings. The molecule has 1 rings (SSSR count). The fourth-order valence-electron chi connectivity index (χ4n) is 1.38. The maximum Gasteiger partial charge on any atom is 0.422 e. The summed E-state index contributed by atoms with van der Waals surface area (Å²) in [4.78, 5) is 0. The number of rotatable bonds is 5. The lowest BCUT2D eigenvalue weighted by Gasteiger charge is -2.27. The van der Waals surface area contributed by atoms with Gasteiger partial charge in [-0.1, -0.05) is 18.2 Å². The number of ether oxygens (including phenoxy) is 1. The molecule has 1 aromatic carbocycles. The highest BCUT2D eigenvalue weighted by atomic mass is 19.4. The van der Waals surface area contributed by atoms with Gasteiger partial charge in [-0.05, 0) is 19.1 Å². The summed E-state index contributed by atoms with van der Waals surface area (Å²) < 4.78 is 55.6. The van der Waals surface area contributed by atoms with Crippen molar-refractivity contribution in [3.05, 3.63) is 30.3 Å². The summed E-state index contributed by atoms with van der Waals surface area (Å²) in [6.45, 7) is -0.255. The minimum absolute atomic E-state index is 0.287. The van der Waals surface area contributed by atoms with E-state index in [1.807, 2.05) is 0 Å². The third-order valence-electron chi connectivity index (χ3n) is 2.45. The molecule has 0 saturated heterocycles. The number of benzene rings is 1. The van der Waals surface area contributed by atoms with Crippen molar-refractivity contribution in [3.63, 3.8) is 0 Å². The molecule has 1 N–H and O–H groups in total. The standard InChI is InChI=1S/C12H14F4O2/c1-11(13,12(14,15)16)7-10(8-17)18-9-5-3-2-4-6-9/h2-6,10,17H,7-8H2,1H3. The van der Waals surface area contributed by atoms with Crippen LogP contribution in [0.2, 0.25) is 0 Å². The molecule has 0 aromatic heterocycles. The lowest BCUT2D eigenvalue weighted by molar-refractivity contribution is -0.231. The molecule has 0 spiro atoms. The normalized spacial score (nSPS) is 17.0. The Morgan fingerprint density at radius 1 is 1.17 bits per heavy atom. The molecule has 2 nitrogen and oxygen atoms in total. The molecule has 0 bridgehead atoms. The Morgan fingerprint density at radius 3 is 2.17 bits per heavy atom. The van der Waals surface area contributed by atoms with Crippen LogP contribution in [0.25, 0.3) is 0 Å². The van der Waals surface area contributed by atoms with Gasteiger partial charge in [-0.15, -0.1) is 0 Å². The van der Waals surface area contributed by atoms with Gasteiger partial charge in [0.1, 0.15) is 11.9 Å². The van der Waals surface area contributed by atoms with Crippen molar-refractivity contribution in [2.45, 2.75) is 31.3 Å². The first-order valence-corrected chi connectivity index (χ1v) is 5.34. The second-order valence-corrected chi connectivity index (χ2v) is 4.13. The van der Waals surface area contributed by atoms with E-state index >= 15 is 0 Å². The summed E-state index contributed by atoms with van der Waals surface area (Å²) >= 11 is 0. The molecule has 0 aliphatic heterocycles. The van der Waals surface area contributed by atoms with Crippen LogP contribution in [0.3, 0.4) is 0 Å². The number of alkyl halides is 4. The summed E-state index contributed by atoms with van der Waals surface area (Å²) in [6.07, 6.45) is -7.19. The Bertz CT molecular complexity index is 362. The van der Waals surface area contributed by atoms with Crippen LogP contribution in [0, 0.1) is 0 Å². The average molecular weight is 266 g/mol. The van der Waals surface area contributed by atoms with Crippen molar-refractivity contribution < 1.29 is 27.4 Å². The fourth-order valence-corrected chi connectivity index (χ4v) is 1.38. The molecule has 1 aromatic rings. The van der Waals surface area contributed by atoms with Crippen molar-refractivity contribution in [1.82, 2.24) is 0 Å². The van der Waals surface area contributed by atoms with Crippen LogP contribution in [0.1, 0.15) is 13.3 Å². The van der Waals surface area contributed by atoms with Gasteiger partial charge in [0.05, 0.1) is 6.61 Å².